The van der Waals surface area contributed by atoms with Crippen LogP contribution in [0.4, 0.5) is 5.69 Å². The predicted molar refractivity (Wildman–Crippen MR) is 139 cm³/mol. The van der Waals surface area contributed by atoms with Gasteiger partial charge < -0.3 is 5.32 Å². The van der Waals surface area contributed by atoms with Gasteiger partial charge in [-0.2, -0.15) is 4.31 Å². The van der Waals surface area contributed by atoms with Gasteiger partial charge in [0, 0.05) is 36.3 Å². The van der Waals surface area contributed by atoms with Gasteiger partial charge in [-0.15, -0.1) is 11.8 Å². The first-order chi connectivity index (χ1) is 16.3. The largest absolute Gasteiger partial charge is 0.326 e. The van der Waals surface area contributed by atoms with E-state index in [4.69, 9.17) is 4.98 Å². The van der Waals surface area contributed by atoms with E-state index in [1.54, 1.807) is 40.3 Å². The number of hydrogen-bond acceptors (Lipinski definition) is 5. The van der Waals surface area contributed by atoms with Crippen LogP contribution in [0.15, 0.2) is 58.5 Å². The molecule has 180 valence electrons. The lowest BCUT2D eigenvalue weighted by molar-refractivity contribution is -0.115. The summed E-state index contributed by atoms with van der Waals surface area (Å²) in [5.41, 5.74) is 3.92. The van der Waals surface area contributed by atoms with Crippen molar-refractivity contribution in [1.82, 2.24) is 9.29 Å². The van der Waals surface area contributed by atoms with E-state index in [1.807, 2.05) is 6.07 Å². The summed E-state index contributed by atoms with van der Waals surface area (Å²) in [4.78, 5) is 17.5. The van der Waals surface area contributed by atoms with Crippen molar-refractivity contribution in [3.8, 4) is 0 Å². The number of anilines is 1. The maximum atomic E-state index is 12.9. The van der Waals surface area contributed by atoms with Crippen molar-refractivity contribution < 1.29 is 13.2 Å². The first-order valence-electron chi connectivity index (χ1n) is 11.7. The van der Waals surface area contributed by atoms with E-state index in [1.165, 1.54) is 5.56 Å². The maximum absolute atomic E-state index is 12.9. The normalized spacial score (nSPS) is 15.2. The van der Waals surface area contributed by atoms with Gasteiger partial charge in [-0.05, 0) is 68.1 Å². The Morgan fingerprint density at radius 2 is 1.71 bits per heavy atom. The molecule has 34 heavy (non-hydrogen) atoms. The predicted octanol–water partition coefficient (Wildman–Crippen LogP) is 5.54. The standard InChI is InChI=1S/C26H31N3O3S2/c1-19-8-7-9-23-20(2)18-25(28-26(19)23)33-17-14-24(30)27-21-10-12-22(13-11-21)34(31,32)29-15-5-3-4-6-16-29/h7-13,18H,3-6,14-17H2,1-2H3,(H,27,30). The molecule has 2 aromatic carbocycles. The zero-order chi connectivity index (χ0) is 24.1. The van der Waals surface area contributed by atoms with Gasteiger partial charge >= 0.3 is 0 Å². The smallest absolute Gasteiger partial charge is 0.243 e. The number of aryl methyl sites for hydroxylation is 2. The number of aromatic nitrogens is 1. The van der Waals surface area contributed by atoms with Crippen LogP contribution < -0.4 is 5.32 Å². The van der Waals surface area contributed by atoms with E-state index in [9.17, 15) is 13.2 Å². The summed E-state index contributed by atoms with van der Waals surface area (Å²) < 4.78 is 27.4. The molecule has 0 bridgehead atoms. The number of pyridine rings is 1. The van der Waals surface area contributed by atoms with Crippen molar-refractivity contribution in [2.75, 3.05) is 24.2 Å². The number of fused-ring (bicyclic) bond motifs is 1. The highest BCUT2D eigenvalue weighted by Crippen LogP contribution is 2.26. The van der Waals surface area contributed by atoms with Gasteiger partial charge in [0.2, 0.25) is 15.9 Å². The third-order valence-electron chi connectivity index (χ3n) is 6.14. The number of nitrogens with zero attached hydrogens (tertiary/aromatic N) is 2. The minimum Gasteiger partial charge on any atom is -0.326 e. The number of hydrogen-bond donors (Lipinski definition) is 1. The molecule has 1 aromatic heterocycles. The van der Waals surface area contributed by atoms with Crippen molar-refractivity contribution in [3.05, 3.63) is 59.7 Å². The average Bonchev–Trinajstić information content (AvgIpc) is 3.11. The molecule has 4 rings (SSSR count). The molecule has 0 spiro atoms. The van der Waals surface area contributed by atoms with E-state index in [2.05, 4.69) is 37.4 Å². The fourth-order valence-corrected chi connectivity index (χ4v) is 6.65. The zero-order valence-corrected chi connectivity index (χ0v) is 21.3. The lowest BCUT2D eigenvalue weighted by atomic mass is 10.1. The average molecular weight is 498 g/mol. The van der Waals surface area contributed by atoms with Gasteiger partial charge in [-0.1, -0.05) is 31.0 Å². The highest BCUT2D eigenvalue weighted by molar-refractivity contribution is 7.99. The second-order valence-electron chi connectivity index (χ2n) is 8.74. The summed E-state index contributed by atoms with van der Waals surface area (Å²) in [7, 11) is -3.49. The fraction of sp³-hybridized carbons (Fsp3) is 0.385. The highest BCUT2D eigenvalue weighted by atomic mass is 32.2. The van der Waals surface area contributed by atoms with Crippen LogP contribution in [0.1, 0.15) is 43.2 Å². The monoisotopic (exact) mass is 497 g/mol. The maximum Gasteiger partial charge on any atom is 0.243 e. The summed E-state index contributed by atoms with van der Waals surface area (Å²) in [5.74, 6) is 0.501. The van der Waals surface area contributed by atoms with Crippen molar-refractivity contribution in [2.45, 2.75) is 55.9 Å². The van der Waals surface area contributed by atoms with Crippen LogP contribution in [-0.4, -0.2) is 42.5 Å². The van der Waals surface area contributed by atoms with Crippen LogP contribution in [-0.2, 0) is 14.8 Å². The van der Waals surface area contributed by atoms with Gasteiger partial charge in [0.25, 0.3) is 0 Å². The van der Waals surface area contributed by atoms with Gasteiger partial charge in [-0.25, -0.2) is 13.4 Å². The molecule has 0 radical (unpaired) electrons. The molecule has 0 unspecified atom stereocenters. The number of benzene rings is 2. The minimum atomic E-state index is -3.49. The Balaban J connectivity index is 1.32. The molecule has 0 aliphatic carbocycles. The SMILES string of the molecule is Cc1cc(SCCC(=O)Nc2ccc(S(=O)(=O)N3CCCCCC3)cc2)nc2c(C)cccc12. The number of para-hydroxylation sites is 1. The lowest BCUT2D eigenvalue weighted by Crippen LogP contribution is -2.31. The molecule has 0 atom stereocenters. The summed E-state index contributed by atoms with van der Waals surface area (Å²) in [5, 5.41) is 4.93. The van der Waals surface area contributed by atoms with E-state index >= 15 is 0 Å². The second kappa shape index (κ2) is 10.9. The topological polar surface area (TPSA) is 79.4 Å². The lowest BCUT2D eigenvalue weighted by Gasteiger charge is -2.20. The molecular weight excluding hydrogens is 466 g/mol. The Hall–Kier alpha value is -2.42. The molecule has 1 N–H and O–H groups in total. The first-order valence-corrected chi connectivity index (χ1v) is 14.2. The van der Waals surface area contributed by atoms with Crippen LogP contribution in [0.3, 0.4) is 0 Å². The number of carbonyl (C=O) groups is 1. The van der Waals surface area contributed by atoms with Crippen molar-refractivity contribution in [1.29, 1.82) is 0 Å². The molecule has 8 heteroatoms. The van der Waals surface area contributed by atoms with Crippen LogP contribution in [0, 0.1) is 13.8 Å². The summed E-state index contributed by atoms with van der Waals surface area (Å²) in [6, 6.07) is 14.7. The van der Waals surface area contributed by atoms with Gasteiger partial charge in [0.05, 0.1) is 15.4 Å². The van der Waals surface area contributed by atoms with Crippen molar-refractivity contribution in [3.63, 3.8) is 0 Å². The molecular formula is C26H31N3O3S2. The molecule has 1 aliphatic heterocycles. The Bertz CT molecular complexity index is 1270. The zero-order valence-electron chi connectivity index (χ0n) is 19.7. The van der Waals surface area contributed by atoms with Crippen LogP contribution >= 0.6 is 11.8 Å². The third-order valence-corrected chi connectivity index (χ3v) is 8.97. The number of nitrogens with one attached hydrogen (secondary N) is 1. The summed E-state index contributed by atoms with van der Waals surface area (Å²) in [6.45, 7) is 5.28. The molecule has 1 saturated heterocycles. The van der Waals surface area contributed by atoms with Crippen LogP contribution in [0.25, 0.3) is 10.9 Å². The number of amides is 1. The molecule has 1 fully saturated rings. The number of carbonyl (C=O) groups excluding carboxylic acids is 1. The van der Waals surface area contributed by atoms with E-state index in [0.717, 1.165) is 47.2 Å². The number of thioether (sulfide) groups is 1. The van der Waals surface area contributed by atoms with E-state index in [0.29, 0.717) is 31.0 Å². The molecule has 0 saturated carbocycles. The van der Waals surface area contributed by atoms with E-state index in [-0.39, 0.29) is 10.8 Å². The summed E-state index contributed by atoms with van der Waals surface area (Å²) in [6.07, 6.45) is 4.29. The Morgan fingerprint density at radius 3 is 2.41 bits per heavy atom. The molecule has 6 nitrogen and oxygen atoms in total. The Kier molecular flexibility index (Phi) is 7.91. The number of sulfonamides is 1. The Labute approximate surface area is 206 Å². The fourth-order valence-electron chi connectivity index (χ4n) is 4.22. The first kappa shape index (κ1) is 24.7. The Morgan fingerprint density at radius 1 is 1.00 bits per heavy atom. The van der Waals surface area contributed by atoms with E-state index < -0.39 is 10.0 Å². The quantitative estimate of drug-likeness (QED) is 0.434. The molecule has 1 aliphatic rings. The third kappa shape index (κ3) is 5.79. The molecule has 2 heterocycles. The van der Waals surface area contributed by atoms with Gasteiger partial charge in [0.1, 0.15) is 0 Å². The van der Waals surface area contributed by atoms with Gasteiger partial charge in [-0.3, -0.25) is 4.79 Å². The van der Waals surface area contributed by atoms with Crippen molar-refractivity contribution >= 4 is 44.3 Å². The number of rotatable bonds is 7. The highest BCUT2D eigenvalue weighted by Gasteiger charge is 2.25. The second-order valence-corrected chi connectivity index (χ2v) is 11.8. The minimum absolute atomic E-state index is 0.107. The van der Waals surface area contributed by atoms with Crippen LogP contribution in [0.2, 0.25) is 0 Å². The van der Waals surface area contributed by atoms with Crippen LogP contribution in [0.5, 0.6) is 0 Å². The molecule has 3 aromatic rings. The molecule has 1 amide bonds. The van der Waals surface area contributed by atoms with Gasteiger partial charge in [0.15, 0.2) is 0 Å². The summed E-state index contributed by atoms with van der Waals surface area (Å²) >= 11 is 1.56. The van der Waals surface area contributed by atoms with Crippen molar-refractivity contribution in [2.24, 2.45) is 0 Å².